The summed E-state index contributed by atoms with van der Waals surface area (Å²) < 4.78 is 36.5. The van der Waals surface area contributed by atoms with Gasteiger partial charge in [0, 0.05) is 0 Å². The van der Waals surface area contributed by atoms with Crippen LogP contribution in [-0.4, -0.2) is 35.9 Å². The van der Waals surface area contributed by atoms with Crippen molar-refractivity contribution in [2.75, 3.05) is 6.61 Å². The Hall–Kier alpha value is -1.31. The summed E-state index contributed by atoms with van der Waals surface area (Å²) in [5, 5.41) is 7.12. The van der Waals surface area contributed by atoms with E-state index in [1.165, 1.54) is 0 Å². The zero-order valence-electron chi connectivity index (χ0n) is 10.5. The molecule has 108 valence electrons. The molecule has 0 radical (unpaired) electrons. The number of halogens is 3. The van der Waals surface area contributed by atoms with Crippen LogP contribution in [0.25, 0.3) is 0 Å². The standard InChI is InChI=1S/C8H17NO2.C2HF3O2/c1-4-6(3)7(9)8(10)11-5-2;3-2(4,5)1(6)7/h6-7H,4-5,9H2,1-3H3;(H,6,7)/t6?,7-;/m0./s1. The van der Waals surface area contributed by atoms with Crippen molar-refractivity contribution in [2.24, 2.45) is 11.7 Å². The Morgan fingerprint density at radius 3 is 1.94 bits per heavy atom. The third-order valence-corrected chi connectivity index (χ3v) is 2.06. The molecule has 0 heterocycles. The summed E-state index contributed by atoms with van der Waals surface area (Å²) in [6, 6.07) is -0.458. The second-order valence-corrected chi connectivity index (χ2v) is 3.47. The fourth-order valence-electron chi connectivity index (χ4n) is 0.725. The summed E-state index contributed by atoms with van der Waals surface area (Å²) in [5.41, 5.74) is 5.58. The molecule has 0 aliphatic rings. The lowest BCUT2D eigenvalue weighted by Crippen LogP contribution is -2.37. The number of carboxylic acid groups (broad SMARTS) is 1. The molecule has 18 heavy (non-hydrogen) atoms. The maximum absolute atomic E-state index is 11.0. The minimum Gasteiger partial charge on any atom is -0.475 e. The summed E-state index contributed by atoms with van der Waals surface area (Å²) in [4.78, 5) is 19.9. The van der Waals surface area contributed by atoms with Crippen LogP contribution in [0, 0.1) is 5.92 Å². The Morgan fingerprint density at radius 2 is 1.72 bits per heavy atom. The molecule has 0 aromatic heterocycles. The van der Waals surface area contributed by atoms with Crippen LogP contribution in [0.15, 0.2) is 0 Å². The second kappa shape index (κ2) is 8.73. The predicted octanol–water partition coefficient (Wildman–Crippen LogP) is 1.56. The Kier molecular flexibility index (Phi) is 9.24. The molecule has 0 aliphatic carbocycles. The van der Waals surface area contributed by atoms with E-state index in [2.05, 4.69) is 0 Å². The van der Waals surface area contributed by atoms with Gasteiger partial charge < -0.3 is 15.6 Å². The smallest absolute Gasteiger partial charge is 0.475 e. The average molecular weight is 273 g/mol. The molecule has 0 saturated heterocycles. The highest BCUT2D eigenvalue weighted by Crippen LogP contribution is 2.13. The predicted molar refractivity (Wildman–Crippen MR) is 57.8 cm³/mol. The molecule has 0 rings (SSSR count). The maximum atomic E-state index is 11.0. The number of ether oxygens (including phenoxy) is 1. The molecule has 0 saturated carbocycles. The lowest BCUT2D eigenvalue weighted by atomic mass is 10.0. The number of alkyl halides is 3. The van der Waals surface area contributed by atoms with Crippen LogP contribution in [0.4, 0.5) is 13.2 Å². The largest absolute Gasteiger partial charge is 0.490 e. The van der Waals surface area contributed by atoms with Crippen LogP contribution in [0.3, 0.4) is 0 Å². The average Bonchev–Trinajstić information content (AvgIpc) is 2.26. The van der Waals surface area contributed by atoms with Crippen LogP contribution >= 0.6 is 0 Å². The van der Waals surface area contributed by atoms with Crippen molar-refractivity contribution in [3.8, 4) is 0 Å². The van der Waals surface area contributed by atoms with Crippen LogP contribution in [0.2, 0.25) is 0 Å². The monoisotopic (exact) mass is 273 g/mol. The number of esters is 1. The highest BCUT2D eigenvalue weighted by atomic mass is 19.4. The first-order valence-corrected chi connectivity index (χ1v) is 5.30. The van der Waals surface area contributed by atoms with E-state index in [-0.39, 0.29) is 11.9 Å². The summed E-state index contributed by atoms with van der Waals surface area (Å²) in [7, 11) is 0. The Bertz CT molecular complexity index is 268. The van der Waals surface area contributed by atoms with E-state index >= 15 is 0 Å². The Morgan fingerprint density at radius 1 is 1.33 bits per heavy atom. The van der Waals surface area contributed by atoms with E-state index in [4.69, 9.17) is 20.4 Å². The molecule has 0 amide bonds. The van der Waals surface area contributed by atoms with E-state index in [0.29, 0.717) is 6.61 Å². The van der Waals surface area contributed by atoms with Gasteiger partial charge in [-0.25, -0.2) is 4.79 Å². The van der Waals surface area contributed by atoms with Gasteiger partial charge in [-0.15, -0.1) is 0 Å². The van der Waals surface area contributed by atoms with Crippen LogP contribution < -0.4 is 5.73 Å². The van der Waals surface area contributed by atoms with Gasteiger partial charge in [0.25, 0.3) is 0 Å². The highest BCUT2D eigenvalue weighted by molar-refractivity contribution is 5.75. The molecule has 0 aliphatic heterocycles. The quantitative estimate of drug-likeness (QED) is 0.759. The van der Waals surface area contributed by atoms with E-state index in [1.54, 1.807) is 6.92 Å². The van der Waals surface area contributed by atoms with Gasteiger partial charge in [-0.05, 0) is 12.8 Å². The zero-order chi connectivity index (χ0) is 14.9. The van der Waals surface area contributed by atoms with Crippen molar-refractivity contribution in [1.29, 1.82) is 0 Å². The van der Waals surface area contributed by atoms with Crippen LogP contribution in [0.1, 0.15) is 27.2 Å². The summed E-state index contributed by atoms with van der Waals surface area (Å²) >= 11 is 0. The molecular weight excluding hydrogens is 255 g/mol. The van der Waals surface area contributed by atoms with Crippen molar-refractivity contribution < 1.29 is 32.6 Å². The lowest BCUT2D eigenvalue weighted by molar-refractivity contribution is -0.192. The lowest BCUT2D eigenvalue weighted by Gasteiger charge is -2.15. The number of nitrogens with two attached hydrogens (primary N) is 1. The van der Waals surface area contributed by atoms with Crippen LogP contribution in [0.5, 0.6) is 0 Å². The van der Waals surface area contributed by atoms with Crippen LogP contribution in [-0.2, 0) is 14.3 Å². The first-order valence-electron chi connectivity index (χ1n) is 5.30. The number of rotatable bonds is 4. The van der Waals surface area contributed by atoms with Crippen molar-refractivity contribution >= 4 is 11.9 Å². The third kappa shape index (κ3) is 8.80. The number of carboxylic acids is 1. The van der Waals surface area contributed by atoms with E-state index in [1.807, 2.05) is 13.8 Å². The Labute approximate surface area is 103 Å². The van der Waals surface area contributed by atoms with Crippen molar-refractivity contribution in [1.82, 2.24) is 0 Å². The minimum absolute atomic E-state index is 0.203. The minimum atomic E-state index is -5.08. The van der Waals surface area contributed by atoms with Gasteiger partial charge in [0.05, 0.1) is 6.61 Å². The summed E-state index contributed by atoms with van der Waals surface area (Å²) in [5.74, 6) is -2.84. The molecule has 8 heteroatoms. The molecular formula is C10H18F3NO4. The summed E-state index contributed by atoms with van der Waals surface area (Å²) in [6.45, 7) is 6.13. The van der Waals surface area contributed by atoms with Crippen molar-refractivity contribution in [3.63, 3.8) is 0 Å². The highest BCUT2D eigenvalue weighted by Gasteiger charge is 2.38. The van der Waals surface area contributed by atoms with Crippen molar-refractivity contribution in [2.45, 2.75) is 39.4 Å². The first-order chi connectivity index (χ1) is 8.07. The van der Waals surface area contributed by atoms with Gasteiger partial charge in [-0.1, -0.05) is 20.3 Å². The SMILES string of the molecule is CCOC(=O)[C@@H](N)C(C)CC.O=C(O)C(F)(F)F. The number of carbonyl (C=O) groups is 2. The molecule has 2 atom stereocenters. The van der Waals surface area contributed by atoms with Gasteiger partial charge in [0.15, 0.2) is 0 Å². The topological polar surface area (TPSA) is 89.6 Å². The molecule has 1 unspecified atom stereocenters. The van der Waals surface area contributed by atoms with Gasteiger partial charge in [-0.3, -0.25) is 4.79 Å². The van der Waals surface area contributed by atoms with Gasteiger partial charge in [0.1, 0.15) is 6.04 Å². The molecule has 0 bridgehead atoms. The molecule has 0 fully saturated rings. The zero-order valence-corrected chi connectivity index (χ0v) is 10.5. The van der Waals surface area contributed by atoms with Gasteiger partial charge in [0.2, 0.25) is 0 Å². The second-order valence-electron chi connectivity index (χ2n) is 3.47. The first kappa shape index (κ1) is 19.0. The molecule has 0 spiro atoms. The molecule has 5 nitrogen and oxygen atoms in total. The normalized spacial score (nSPS) is 13.9. The van der Waals surface area contributed by atoms with E-state index < -0.39 is 18.2 Å². The molecule has 3 N–H and O–H groups in total. The maximum Gasteiger partial charge on any atom is 0.490 e. The van der Waals surface area contributed by atoms with Crippen molar-refractivity contribution in [3.05, 3.63) is 0 Å². The number of aliphatic carboxylic acids is 1. The third-order valence-electron chi connectivity index (χ3n) is 2.06. The number of carbonyl (C=O) groups excluding carboxylic acids is 1. The molecule has 0 aromatic rings. The number of hydrogen-bond acceptors (Lipinski definition) is 4. The van der Waals surface area contributed by atoms with Gasteiger partial charge in [-0.2, -0.15) is 13.2 Å². The fourth-order valence-corrected chi connectivity index (χ4v) is 0.725. The van der Waals surface area contributed by atoms with E-state index in [0.717, 1.165) is 6.42 Å². The van der Waals surface area contributed by atoms with E-state index in [9.17, 15) is 18.0 Å². The van der Waals surface area contributed by atoms with Gasteiger partial charge >= 0.3 is 18.1 Å². The number of hydrogen-bond donors (Lipinski definition) is 2. The molecule has 0 aromatic carbocycles. The summed E-state index contributed by atoms with van der Waals surface area (Å²) in [6.07, 6.45) is -4.18. The fraction of sp³-hybridized carbons (Fsp3) is 0.800. The Balaban J connectivity index is 0.